The number of piperidine rings is 1. The van der Waals surface area contributed by atoms with Crippen LogP contribution in [0.25, 0.3) is 0 Å². The Hall–Kier alpha value is -3.55. The highest BCUT2D eigenvalue weighted by molar-refractivity contribution is 6.30. The van der Waals surface area contributed by atoms with E-state index in [-0.39, 0.29) is 18.0 Å². The number of anilines is 2. The normalized spacial score (nSPS) is 14.2. The van der Waals surface area contributed by atoms with Crippen molar-refractivity contribution in [1.82, 2.24) is 10.2 Å². The number of nitrogens with zero attached hydrogens (tertiary/aromatic N) is 2. The van der Waals surface area contributed by atoms with Crippen LogP contribution < -0.4 is 20.3 Å². The summed E-state index contributed by atoms with van der Waals surface area (Å²) >= 11 is 5.91. The SMILES string of the molecule is COc1cc(N(C)C(=O)Nc2ccc(Cl)cc2)ccc1C(=O)NC1CCN(Cc2ccccc2)CC1. The number of carbonyl (C=O) groups is 2. The molecule has 3 aromatic carbocycles. The molecular formula is C28H31ClN4O3. The molecule has 188 valence electrons. The predicted molar refractivity (Wildman–Crippen MR) is 144 cm³/mol. The van der Waals surface area contributed by atoms with Gasteiger partial charge in [-0.15, -0.1) is 0 Å². The van der Waals surface area contributed by atoms with Crippen LogP contribution in [0.5, 0.6) is 5.75 Å². The number of nitrogens with one attached hydrogen (secondary N) is 2. The molecule has 7 nitrogen and oxygen atoms in total. The Balaban J connectivity index is 1.34. The first-order chi connectivity index (χ1) is 17.4. The van der Waals surface area contributed by atoms with Crippen LogP contribution in [0.15, 0.2) is 72.8 Å². The average Bonchev–Trinajstić information content (AvgIpc) is 2.90. The van der Waals surface area contributed by atoms with Crippen LogP contribution in [-0.2, 0) is 6.54 Å². The number of carbonyl (C=O) groups excluding carboxylic acids is 2. The molecule has 0 aromatic heterocycles. The number of likely N-dealkylation sites (tertiary alicyclic amines) is 1. The number of amides is 3. The monoisotopic (exact) mass is 506 g/mol. The highest BCUT2D eigenvalue weighted by Gasteiger charge is 2.23. The highest BCUT2D eigenvalue weighted by Crippen LogP contribution is 2.26. The van der Waals surface area contributed by atoms with E-state index in [1.54, 1.807) is 49.5 Å². The highest BCUT2D eigenvalue weighted by atomic mass is 35.5. The fourth-order valence-electron chi connectivity index (χ4n) is 4.27. The predicted octanol–water partition coefficient (Wildman–Crippen LogP) is 5.41. The second-order valence-corrected chi connectivity index (χ2v) is 9.33. The van der Waals surface area contributed by atoms with Crippen LogP contribution >= 0.6 is 11.6 Å². The third-order valence-corrected chi connectivity index (χ3v) is 6.64. The van der Waals surface area contributed by atoms with Gasteiger partial charge in [0.25, 0.3) is 5.91 Å². The molecule has 0 spiro atoms. The molecule has 1 aliphatic rings. The summed E-state index contributed by atoms with van der Waals surface area (Å²) in [6.07, 6.45) is 1.79. The van der Waals surface area contributed by atoms with E-state index in [9.17, 15) is 9.59 Å². The standard InChI is InChI=1S/C28H31ClN4O3/c1-32(28(35)31-22-10-8-21(29)9-11-22)24-12-13-25(26(18-24)36-2)27(34)30-23-14-16-33(17-15-23)19-20-6-4-3-5-7-20/h3-13,18,23H,14-17,19H2,1-2H3,(H,30,34)(H,31,35). The van der Waals surface area contributed by atoms with E-state index in [4.69, 9.17) is 16.3 Å². The molecule has 1 heterocycles. The van der Waals surface area contributed by atoms with Gasteiger partial charge in [0, 0.05) is 55.2 Å². The largest absolute Gasteiger partial charge is 0.496 e. The van der Waals surface area contributed by atoms with Gasteiger partial charge in [-0.25, -0.2) is 4.79 Å². The summed E-state index contributed by atoms with van der Waals surface area (Å²) in [5.74, 6) is 0.242. The fourth-order valence-corrected chi connectivity index (χ4v) is 4.40. The van der Waals surface area contributed by atoms with Gasteiger partial charge >= 0.3 is 6.03 Å². The molecule has 0 unspecified atom stereocenters. The average molecular weight is 507 g/mol. The van der Waals surface area contributed by atoms with E-state index < -0.39 is 0 Å². The number of methoxy groups -OCH3 is 1. The van der Waals surface area contributed by atoms with Crippen molar-refractivity contribution in [3.05, 3.63) is 88.9 Å². The number of hydrogen-bond acceptors (Lipinski definition) is 4. The smallest absolute Gasteiger partial charge is 0.326 e. The molecule has 0 saturated carbocycles. The van der Waals surface area contributed by atoms with Crippen molar-refractivity contribution in [3.8, 4) is 5.75 Å². The van der Waals surface area contributed by atoms with Gasteiger partial charge in [0.1, 0.15) is 5.75 Å². The van der Waals surface area contributed by atoms with E-state index in [2.05, 4.69) is 39.8 Å². The number of hydrogen-bond donors (Lipinski definition) is 2. The van der Waals surface area contributed by atoms with E-state index in [1.165, 1.54) is 17.6 Å². The van der Waals surface area contributed by atoms with Gasteiger partial charge in [-0.3, -0.25) is 14.6 Å². The van der Waals surface area contributed by atoms with E-state index >= 15 is 0 Å². The van der Waals surface area contributed by atoms with Gasteiger partial charge < -0.3 is 15.4 Å². The maximum atomic E-state index is 13.0. The molecule has 0 bridgehead atoms. The number of urea groups is 1. The van der Waals surface area contributed by atoms with Crippen molar-refractivity contribution in [2.45, 2.75) is 25.4 Å². The van der Waals surface area contributed by atoms with Gasteiger partial charge in [0.05, 0.1) is 12.7 Å². The zero-order chi connectivity index (χ0) is 25.5. The van der Waals surface area contributed by atoms with Crippen molar-refractivity contribution < 1.29 is 14.3 Å². The Morgan fingerprint density at radius 1 is 1.03 bits per heavy atom. The van der Waals surface area contributed by atoms with Crippen LogP contribution in [0, 0.1) is 0 Å². The zero-order valence-electron chi connectivity index (χ0n) is 20.5. The molecule has 2 N–H and O–H groups in total. The van der Waals surface area contributed by atoms with E-state index in [1.807, 2.05) is 6.07 Å². The first kappa shape index (κ1) is 25.5. The first-order valence-electron chi connectivity index (χ1n) is 12.0. The second-order valence-electron chi connectivity index (χ2n) is 8.89. The van der Waals surface area contributed by atoms with Gasteiger partial charge in [-0.1, -0.05) is 41.9 Å². The topological polar surface area (TPSA) is 73.9 Å². The minimum Gasteiger partial charge on any atom is -0.496 e. The van der Waals surface area contributed by atoms with Crippen molar-refractivity contribution in [2.24, 2.45) is 0 Å². The molecular weight excluding hydrogens is 476 g/mol. The van der Waals surface area contributed by atoms with Crippen molar-refractivity contribution in [2.75, 3.05) is 37.5 Å². The Morgan fingerprint density at radius 2 is 1.72 bits per heavy atom. The molecule has 0 atom stereocenters. The molecule has 1 fully saturated rings. The summed E-state index contributed by atoms with van der Waals surface area (Å²) in [7, 11) is 3.18. The lowest BCUT2D eigenvalue weighted by molar-refractivity contribution is 0.0906. The zero-order valence-corrected chi connectivity index (χ0v) is 21.3. The van der Waals surface area contributed by atoms with Crippen LogP contribution in [0.2, 0.25) is 5.02 Å². The minimum atomic E-state index is -0.321. The molecule has 3 aromatic rings. The molecule has 0 aliphatic carbocycles. The third-order valence-electron chi connectivity index (χ3n) is 6.39. The number of benzene rings is 3. The molecule has 0 radical (unpaired) electrons. The number of ether oxygens (including phenoxy) is 1. The lowest BCUT2D eigenvalue weighted by atomic mass is 10.0. The summed E-state index contributed by atoms with van der Waals surface area (Å²) in [6.45, 7) is 2.79. The fraction of sp³-hybridized carbons (Fsp3) is 0.286. The molecule has 1 saturated heterocycles. The first-order valence-corrected chi connectivity index (χ1v) is 12.4. The second kappa shape index (κ2) is 11.9. The Labute approximate surface area is 217 Å². The number of rotatable bonds is 7. The Kier molecular flexibility index (Phi) is 8.46. The summed E-state index contributed by atoms with van der Waals surface area (Å²) in [5, 5.41) is 6.57. The maximum absolute atomic E-state index is 13.0. The van der Waals surface area contributed by atoms with Crippen LogP contribution in [-0.4, -0.2) is 50.1 Å². The Bertz CT molecular complexity index is 1180. The van der Waals surface area contributed by atoms with Gasteiger partial charge in [0.15, 0.2) is 0 Å². The quantitative estimate of drug-likeness (QED) is 0.449. The summed E-state index contributed by atoms with van der Waals surface area (Å²) in [6, 6.07) is 22.2. The molecule has 4 rings (SSSR count). The van der Waals surface area contributed by atoms with E-state index in [0.29, 0.717) is 27.7 Å². The summed E-state index contributed by atoms with van der Waals surface area (Å²) in [5.41, 5.74) is 2.98. The molecule has 8 heteroatoms. The van der Waals surface area contributed by atoms with Crippen LogP contribution in [0.4, 0.5) is 16.2 Å². The summed E-state index contributed by atoms with van der Waals surface area (Å²) < 4.78 is 5.50. The molecule has 3 amide bonds. The van der Waals surface area contributed by atoms with Crippen LogP contribution in [0.1, 0.15) is 28.8 Å². The van der Waals surface area contributed by atoms with Crippen LogP contribution in [0.3, 0.4) is 0 Å². The lowest BCUT2D eigenvalue weighted by Crippen LogP contribution is -2.44. The minimum absolute atomic E-state index is 0.113. The molecule has 36 heavy (non-hydrogen) atoms. The van der Waals surface area contributed by atoms with Crippen molar-refractivity contribution >= 4 is 34.9 Å². The molecule has 1 aliphatic heterocycles. The van der Waals surface area contributed by atoms with Gasteiger partial charge in [-0.05, 0) is 54.8 Å². The third kappa shape index (κ3) is 6.56. The van der Waals surface area contributed by atoms with Crippen molar-refractivity contribution in [1.29, 1.82) is 0 Å². The van der Waals surface area contributed by atoms with Crippen molar-refractivity contribution in [3.63, 3.8) is 0 Å². The Morgan fingerprint density at radius 3 is 2.39 bits per heavy atom. The van der Waals surface area contributed by atoms with Gasteiger partial charge in [0.2, 0.25) is 0 Å². The number of halogens is 1. The summed E-state index contributed by atoms with van der Waals surface area (Å²) in [4.78, 5) is 29.6. The maximum Gasteiger partial charge on any atom is 0.326 e. The van der Waals surface area contributed by atoms with Gasteiger partial charge in [-0.2, -0.15) is 0 Å². The van der Waals surface area contributed by atoms with E-state index in [0.717, 1.165) is 32.5 Å². The lowest BCUT2D eigenvalue weighted by Gasteiger charge is -2.32.